The molecule has 0 saturated carbocycles. The molecule has 3 aromatic rings. The number of halogens is 1. The first-order valence-corrected chi connectivity index (χ1v) is 11.8. The van der Waals surface area contributed by atoms with E-state index >= 15 is 0 Å². The van der Waals surface area contributed by atoms with Crippen LogP contribution in [0.4, 0.5) is 16.2 Å². The fourth-order valence-electron chi connectivity index (χ4n) is 3.45. The number of alkyl carbamates (subject to hydrolysis) is 1. The van der Waals surface area contributed by atoms with Crippen LogP contribution in [0.5, 0.6) is 0 Å². The lowest BCUT2D eigenvalue weighted by atomic mass is 10.0. The normalized spacial score (nSPS) is 11.5. The van der Waals surface area contributed by atoms with Gasteiger partial charge in [0.1, 0.15) is 12.6 Å². The summed E-state index contributed by atoms with van der Waals surface area (Å²) in [6, 6.07) is 19.7. The van der Waals surface area contributed by atoms with Gasteiger partial charge in [0, 0.05) is 28.7 Å². The third-order valence-electron chi connectivity index (χ3n) is 5.30. The minimum Gasteiger partial charge on any atom is -0.445 e. The number of hydrogen-bond acceptors (Lipinski definition) is 5. The maximum Gasteiger partial charge on any atom is 0.408 e. The fraction of sp³-hybridized carbons (Fsp3) is 0.231. The number of amides is 2. The summed E-state index contributed by atoms with van der Waals surface area (Å²) in [6.45, 7) is 4.10. The van der Waals surface area contributed by atoms with E-state index in [0.717, 1.165) is 15.6 Å². The molecule has 9 heteroatoms. The van der Waals surface area contributed by atoms with Gasteiger partial charge in [-0.25, -0.2) is 4.79 Å². The van der Waals surface area contributed by atoms with E-state index in [1.54, 1.807) is 18.2 Å². The zero-order chi connectivity index (χ0) is 25.4. The number of non-ortho nitro benzene ring substituents is 1. The molecule has 2 N–H and O–H groups in total. The molecule has 0 heterocycles. The molecule has 0 saturated heterocycles. The number of carbonyl (C=O) groups is 2. The third kappa shape index (κ3) is 7.65. The number of nitrogens with one attached hydrogen (secondary N) is 2. The zero-order valence-electron chi connectivity index (χ0n) is 19.4. The highest BCUT2D eigenvalue weighted by molar-refractivity contribution is 9.10. The molecule has 0 aliphatic heterocycles. The minimum absolute atomic E-state index is 0.0542. The maximum absolute atomic E-state index is 13.3. The molecule has 0 aliphatic carbocycles. The number of nitro benzene ring substituents is 1. The summed E-state index contributed by atoms with van der Waals surface area (Å²) in [6.07, 6.45) is -0.617. The van der Waals surface area contributed by atoms with Crippen LogP contribution in [-0.2, 0) is 22.6 Å². The zero-order valence-corrected chi connectivity index (χ0v) is 20.9. The largest absolute Gasteiger partial charge is 0.445 e. The van der Waals surface area contributed by atoms with Crippen molar-refractivity contribution in [3.8, 4) is 0 Å². The number of ether oxygens (including phenoxy) is 1. The van der Waals surface area contributed by atoms with Crippen molar-refractivity contribution in [2.75, 3.05) is 5.32 Å². The van der Waals surface area contributed by atoms with E-state index in [4.69, 9.17) is 4.74 Å². The van der Waals surface area contributed by atoms with Gasteiger partial charge in [-0.05, 0) is 40.8 Å². The molecule has 0 bridgehead atoms. The van der Waals surface area contributed by atoms with Crippen molar-refractivity contribution < 1.29 is 19.2 Å². The van der Waals surface area contributed by atoms with E-state index in [-0.39, 0.29) is 24.6 Å². The molecule has 0 unspecified atom stereocenters. The van der Waals surface area contributed by atoms with Gasteiger partial charge in [0.2, 0.25) is 5.91 Å². The molecular formula is C26H26BrN3O5. The summed E-state index contributed by atoms with van der Waals surface area (Å²) in [5.41, 5.74) is 2.99. The van der Waals surface area contributed by atoms with Gasteiger partial charge >= 0.3 is 6.09 Å². The van der Waals surface area contributed by atoms with Crippen LogP contribution in [0.1, 0.15) is 36.5 Å². The number of nitro groups is 1. The van der Waals surface area contributed by atoms with Crippen LogP contribution in [0.15, 0.2) is 77.3 Å². The quantitative estimate of drug-likeness (QED) is 0.257. The van der Waals surface area contributed by atoms with Gasteiger partial charge in [-0.2, -0.15) is 0 Å². The average Bonchev–Trinajstić information content (AvgIpc) is 2.84. The van der Waals surface area contributed by atoms with Gasteiger partial charge in [-0.15, -0.1) is 0 Å². The molecule has 0 fully saturated rings. The Kier molecular flexibility index (Phi) is 8.97. The first-order valence-electron chi connectivity index (χ1n) is 11.0. The number of benzene rings is 3. The van der Waals surface area contributed by atoms with E-state index < -0.39 is 23.0 Å². The van der Waals surface area contributed by atoms with Gasteiger partial charge in [-0.1, -0.05) is 72.2 Å². The summed E-state index contributed by atoms with van der Waals surface area (Å²) in [5.74, 6) is -0.274. The molecule has 0 spiro atoms. The van der Waals surface area contributed by atoms with Crippen LogP contribution in [0.25, 0.3) is 0 Å². The van der Waals surface area contributed by atoms with Crippen LogP contribution >= 0.6 is 15.9 Å². The number of hydrogen-bond donors (Lipinski definition) is 2. The summed E-state index contributed by atoms with van der Waals surface area (Å²) in [7, 11) is 0. The van der Waals surface area contributed by atoms with E-state index in [1.807, 2.05) is 56.3 Å². The Balaban J connectivity index is 1.77. The second kappa shape index (κ2) is 12.1. The van der Waals surface area contributed by atoms with Crippen molar-refractivity contribution in [3.05, 3.63) is 104 Å². The van der Waals surface area contributed by atoms with Crippen LogP contribution in [-0.4, -0.2) is 23.0 Å². The summed E-state index contributed by atoms with van der Waals surface area (Å²) in [4.78, 5) is 36.3. The van der Waals surface area contributed by atoms with Crippen molar-refractivity contribution >= 4 is 39.3 Å². The Morgan fingerprint density at radius 2 is 1.69 bits per heavy atom. The van der Waals surface area contributed by atoms with E-state index in [2.05, 4.69) is 26.6 Å². The van der Waals surface area contributed by atoms with Crippen molar-refractivity contribution in [3.63, 3.8) is 0 Å². The Hall–Kier alpha value is -3.72. The van der Waals surface area contributed by atoms with Gasteiger partial charge < -0.3 is 15.4 Å². The van der Waals surface area contributed by atoms with E-state index in [1.165, 1.54) is 12.1 Å². The highest BCUT2D eigenvalue weighted by atomic mass is 79.9. The predicted octanol–water partition coefficient (Wildman–Crippen LogP) is 5.96. The summed E-state index contributed by atoms with van der Waals surface area (Å²) >= 11 is 3.46. The van der Waals surface area contributed by atoms with Gasteiger partial charge in [-0.3, -0.25) is 14.9 Å². The molecule has 3 aromatic carbocycles. The van der Waals surface area contributed by atoms with Crippen LogP contribution in [0.2, 0.25) is 0 Å². The second-order valence-corrected chi connectivity index (χ2v) is 9.18. The average molecular weight is 540 g/mol. The van der Waals surface area contributed by atoms with Gasteiger partial charge in [0.25, 0.3) is 5.69 Å². The Labute approximate surface area is 212 Å². The minimum atomic E-state index is -0.969. The molecule has 3 rings (SSSR count). The first-order chi connectivity index (χ1) is 16.7. The lowest BCUT2D eigenvalue weighted by molar-refractivity contribution is -0.384. The standard InChI is InChI=1S/C26H26BrN3O5/c1-17(2)22-15-20(27)10-13-23(22)28-25(31)24(14-18-8-11-21(12-9-18)30(33)34)29-26(32)35-16-19-6-4-3-5-7-19/h3-13,15,17,24H,14,16H2,1-2H3,(H,28,31)(H,29,32)/t24-/m1/s1. The topological polar surface area (TPSA) is 111 Å². The number of carbonyl (C=O) groups excluding carboxylic acids is 2. The van der Waals surface area contributed by atoms with Gasteiger partial charge in [0.15, 0.2) is 0 Å². The monoisotopic (exact) mass is 539 g/mol. The SMILES string of the molecule is CC(C)c1cc(Br)ccc1NC(=O)[C@@H](Cc1ccc([N+](=O)[O-])cc1)NC(=O)OCc1ccccc1. The van der Waals surface area contributed by atoms with Crippen LogP contribution in [0, 0.1) is 10.1 Å². The molecule has 8 nitrogen and oxygen atoms in total. The second-order valence-electron chi connectivity index (χ2n) is 8.26. The van der Waals surface area contributed by atoms with Crippen molar-refractivity contribution in [1.29, 1.82) is 0 Å². The smallest absolute Gasteiger partial charge is 0.408 e. The molecule has 2 amide bonds. The summed E-state index contributed by atoms with van der Waals surface area (Å²) < 4.78 is 6.19. The number of anilines is 1. The molecule has 0 radical (unpaired) electrons. The highest BCUT2D eigenvalue weighted by Gasteiger charge is 2.24. The van der Waals surface area contributed by atoms with Crippen LogP contribution in [0.3, 0.4) is 0 Å². The van der Waals surface area contributed by atoms with E-state index in [0.29, 0.717) is 11.3 Å². The molecular weight excluding hydrogens is 514 g/mol. The van der Waals surface area contributed by atoms with Gasteiger partial charge in [0.05, 0.1) is 4.92 Å². The number of rotatable bonds is 9. The van der Waals surface area contributed by atoms with Crippen LogP contribution < -0.4 is 10.6 Å². The summed E-state index contributed by atoms with van der Waals surface area (Å²) in [5, 5.41) is 16.5. The lowest BCUT2D eigenvalue weighted by Gasteiger charge is -2.21. The predicted molar refractivity (Wildman–Crippen MR) is 137 cm³/mol. The van der Waals surface area contributed by atoms with Crippen molar-refractivity contribution in [1.82, 2.24) is 5.32 Å². The molecule has 0 aliphatic rings. The molecule has 1 atom stereocenters. The Morgan fingerprint density at radius 1 is 1.00 bits per heavy atom. The molecule has 0 aromatic heterocycles. The molecule has 35 heavy (non-hydrogen) atoms. The number of nitrogens with zero attached hydrogens (tertiary/aromatic N) is 1. The molecule has 182 valence electrons. The third-order valence-corrected chi connectivity index (χ3v) is 5.80. The van der Waals surface area contributed by atoms with E-state index in [9.17, 15) is 19.7 Å². The van der Waals surface area contributed by atoms with Crippen molar-refractivity contribution in [2.24, 2.45) is 0 Å². The fourth-order valence-corrected chi connectivity index (χ4v) is 3.83. The van der Waals surface area contributed by atoms with Crippen molar-refractivity contribution in [2.45, 2.75) is 38.8 Å². The Bertz CT molecular complexity index is 1180. The Morgan fingerprint density at radius 3 is 2.31 bits per heavy atom. The first kappa shape index (κ1) is 25.9. The highest BCUT2D eigenvalue weighted by Crippen LogP contribution is 2.28. The maximum atomic E-state index is 13.3. The lowest BCUT2D eigenvalue weighted by Crippen LogP contribution is -2.45.